The van der Waals surface area contributed by atoms with Crippen LogP contribution < -0.4 is 0 Å². The fourth-order valence-electron chi connectivity index (χ4n) is 1.97. The van der Waals surface area contributed by atoms with Crippen molar-refractivity contribution in [2.75, 3.05) is 13.1 Å². The maximum Gasteiger partial charge on any atom is 0.316 e. The van der Waals surface area contributed by atoms with Crippen LogP contribution in [0.15, 0.2) is 0 Å². The summed E-state index contributed by atoms with van der Waals surface area (Å²) >= 11 is 5.42. The van der Waals surface area contributed by atoms with Gasteiger partial charge in [0.05, 0.1) is 0 Å². The molecule has 3 heteroatoms. The molecule has 14 heavy (non-hydrogen) atoms. The molecule has 1 amide bonds. The molecule has 0 aliphatic carbocycles. The molecule has 0 unspecified atom stereocenters. The van der Waals surface area contributed by atoms with Gasteiger partial charge in [-0.1, -0.05) is 26.7 Å². The standard InChI is InChI=1S/C11H20ClNO/c1-9(2)3-4-10-5-7-13(8-6-10)11(12)14/h9-10H,3-8H2,1-2H3. The number of nitrogens with zero attached hydrogens (tertiary/aromatic N) is 1. The molecule has 0 aromatic carbocycles. The summed E-state index contributed by atoms with van der Waals surface area (Å²) in [5.74, 6) is 1.60. The maximum absolute atomic E-state index is 10.9. The van der Waals surface area contributed by atoms with Gasteiger partial charge in [-0.25, -0.2) is 0 Å². The minimum absolute atomic E-state index is 0.285. The summed E-state index contributed by atoms with van der Waals surface area (Å²) in [5, 5.41) is -0.285. The van der Waals surface area contributed by atoms with Crippen molar-refractivity contribution < 1.29 is 4.79 Å². The van der Waals surface area contributed by atoms with Gasteiger partial charge in [0, 0.05) is 13.1 Å². The quantitative estimate of drug-likeness (QED) is 0.524. The molecule has 1 aliphatic rings. The van der Waals surface area contributed by atoms with E-state index in [2.05, 4.69) is 13.8 Å². The number of carbonyl (C=O) groups is 1. The molecule has 1 heterocycles. The number of likely N-dealkylation sites (tertiary alicyclic amines) is 1. The normalized spacial score (nSPS) is 19.0. The lowest BCUT2D eigenvalue weighted by Crippen LogP contribution is -2.35. The van der Waals surface area contributed by atoms with Crippen LogP contribution in [0.1, 0.15) is 39.5 Å². The molecule has 0 atom stereocenters. The molecular formula is C11H20ClNO. The van der Waals surface area contributed by atoms with Gasteiger partial charge in [0.15, 0.2) is 0 Å². The number of hydrogen-bond donors (Lipinski definition) is 0. The summed E-state index contributed by atoms with van der Waals surface area (Å²) in [5.41, 5.74) is 0. The molecule has 1 saturated heterocycles. The smallest absolute Gasteiger partial charge is 0.316 e. The minimum Gasteiger partial charge on any atom is -0.329 e. The van der Waals surface area contributed by atoms with Crippen molar-refractivity contribution in [2.24, 2.45) is 11.8 Å². The summed E-state index contributed by atoms with van der Waals surface area (Å²) in [6, 6.07) is 0. The molecule has 0 radical (unpaired) electrons. The van der Waals surface area contributed by atoms with E-state index in [1.54, 1.807) is 4.90 Å². The van der Waals surface area contributed by atoms with Crippen molar-refractivity contribution >= 4 is 17.0 Å². The lowest BCUT2D eigenvalue weighted by molar-refractivity contribution is 0.186. The van der Waals surface area contributed by atoms with Crippen molar-refractivity contribution in [1.29, 1.82) is 0 Å². The molecular weight excluding hydrogens is 198 g/mol. The molecule has 1 aliphatic heterocycles. The highest BCUT2D eigenvalue weighted by molar-refractivity contribution is 6.62. The van der Waals surface area contributed by atoms with E-state index in [0.29, 0.717) is 0 Å². The Morgan fingerprint density at radius 1 is 1.43 bits per heavy atom. The van der Waals surface area contributed by atoms with Gasteiger partial charge in [-0.3, -0.25) is 4.79 Å². The Labute approximate surface area is 91.6 Å². The first-order chi connectivity index (χ1) is 6.59. The van der Waals surface area contributed by atoms with E-state index in [0.717, 1.165) is 37.8 Å². The third-order valence-electron chi connectivity index (χ3n) is 3.02. The summed E-state index contributed by atoms with van der Waals surface area (Å²) < 4.78 is 0. The van der Waals surface area contributed by atoms with Gasteiger partial charge in [0.1, 0.15) is 0 Å². The van der Waals surface area contributed by atoms with Crippen LogP contribution in [0.3, 0.4) is 0 Å². The highest BCUT2D eigenvalue weighted by Crippen LogP contribution is 2.24. The predicted molar refractivity (Wildman–Crippen MR) is 59.6 cm³/mol. The van der Waals surface area contributed by atoms with Gasteiger partial charge in [-0.15, -0.1) is 0 Å². The SMILES string of the molecule is CC(C)CCC1CCN(C(=O)Cl)CC1. The first-order valence-electron chi connectivity index (χ1n) is 5.54. The second-order valence-electron chi connectivity index (χ2n) is 4.65. The second-order valence-corrected chi connectivity index (χ2v) is 4.98. The number of amides is 1. The number of piperidine rings is 1. The van der Waals surface area contributed by atoms with Gasteiger partial charge in [0.2, 0.25) is 0 Å². The highest BCUT2D eigenvalue weighted by atomic mass is 35.5. The Morgan fingerprint density at radius 2 is 2.00 bits per heavy atom. The Hall–Kier alpha value is -0.240. The fourth-order valence-corrected chi connectivity index (χ4v) is 2.14. The average Bonchev–Trinajstić information content (AvgIpc) is 2.15. The lowest BCUT2D eigenvalue weighted by Gasteiger charge is -2.30. The molecule has 2 nitrogen and oxygen atoms in total. The molecule has 0 aromatic rings. The fraction of sp³-hybridized carbons (Fsp3) is 0.909. The molecule has 1 fully saturated rings. The largest absolute Gasteiger partial charge is 0.329 e. The third kappa shape index (κ3) is 3.87. The summed E-state index contributed by atoms with van der Waals surface area (Å²) in [6.07, 6.45) is 4.87. The van der Waals surface area contributed by atoms with Crippen LogP contribution in [0, 0.1) is 11.8 Å². The second kappa shape index (κ2) is 5.59. The molecule has 1 rings (SSSR count). The van der Waals surface area contributed by atoms with Crippen LogP contribution in [0.2, 0.25) is 0 Å². The maximum atomic E-state index is 10.9. The number of halogens is 1. The molecule has 82 valence electrons. The topological polar surface area (TPSA) is 20.3 Å². The highest BCUT2D eigenvalue weighted by Gasteiger charge is 2.21. The number of hydrogen-bond acceptors (Lipinski definition) is 1. The Balaban J connectivity index is 2.19. The summed E-state index contributed by atoms with van der Waals surface area (Å²) in [4.78, 5) is 12.6. The zero-order valence-electron chi connectivity index (χ0n) is 9.13. The monoisotopic (exact) mass is 217 g/mol. The van der Waals surface area contributed by atoms with E-state index in [-0.39, 0.29) is 5.37 Å². The van der Waals surface area contributed by atoms with Crippen molar-refractivity contribution in [1.82, 2.24) is 4.90 Å². The summed E-state index contributed by atoms with van der Waals surface area (Å²) in [7, 11) is 0. The Bertz CT molecular complexity index is 186. The van der Waals surface area contributed by atoms with Crippen molar-refractivity contribution in [2.45, 2.75) is 39.5 Å². The van der Waals surface area contributed by atoms with Gasteiger partial charge in [-0.05, 0) is 36.3 Å². The van der Waals surface area contributed by atoms with E-state index >= 15 is 0 Å². The Morgan fingerprint density at radius 3 is 2.43 bits per heavy atom. The zero-order chi connectivity index (χ0) is 10.6. The lowest BCUT2D eigenvalue weighted by atomic mass is 9.90. The van der Waals surface area contributed by atoms with E-state index in [1.807, 2.05) is 0 Å². The van der Waals surface area contributed by atoms with E-state index in [1.165, 1.54) is 12.8 Å². The van der Waals surface area contributed by atoms with Crippen LogP contribution in [0.4, 0.5) is 4.79 Å². The molecule has 0 saturated carbocycles. The summed E-state index contributed by atoms with van der Waals surface area (Å²) in [6.45, 7) is 6.23. The molecule has 0 bridgehead atoms. The van der Waals surface area contributed by atoms with Gasteiger partial charge < -0.3 is 4.90 Å². The van der Waals surface area contributed by atoms with Crippen molar-refractivity contribution in [3.8, 4) is 0 Å². The van der Waals surface area contributed by atoms with E-state index in [4.69, 9.17) is 11.6 Å². The predicted octanol–water partition coefficient (Wildman–Crippen LogP) is 3.49. The van der Waals surface area contributed by atoms with Crippen molar-refractivity contribution in [3.05, 3.63) is 0 Å². The van der Waals surface area contributed by atoms with Crippen LogP contribution in [-0.2, 0) is 0 Å². The van der Waals surface area contributed by atoms with E-state index < -0.39 is 0 Å². The zero-order valence-corrected chi connectivity index (χ0v) is 9.89. The van der Waals surface area contributed by atoms with Crippen LogP contribution in [-0.4, -0.2) is 23.4 Å². The number of rotatable bonds is 3. The third-order valence-corrected chi connectivity index (χ3v) is 3.25. The van der Waals surface area contributed by atoms with E-state index in [9.17, 15) is 4.79 Å². The first kappa shape index (κ1) is 11.8. The molecule has 0 N–H and O–H groups in total. The van der Waals surface area contributed by atoms with Gasteiger partial charge >= 0.3 is 5.37 Å². The first-order valence-corrected chi connectivity index (χ1v) is 5.91. The van der Waals surface area contributed by atoms with Crippen molar-refractivity contribution in [3.63, 3.8) is 0 Å². The van der Waals surface area contributed by atoms with Gasteiger partial charge in [0.25, 0.3) is 0 Å². The van der Waals surface area contributed by atoms with Crippen LogP contribution in [0.5, 0.6) is 0 Å². The molecule has 0 aromatic heterocycles. The van der Waals surface area contributed by atoms with Gasteiger partial charge in [-0.2, -0.15) is 0 Å². The minimum atomic E-state index is -0.285. The van der Waals surface area contributed by atoms with Crippen LogP contribution >= 0.6 is 11.6 Å². The molecule has 0 spiro atoms. The van der Waals surface area contributed by atoms with Crippen LogP contribution in [0.25, 0.3) is 0 Å². The average molecular weight is 218 g/mol. The Kier molecular flexibility index (Phi) is 4.73. The number of carbonyl (C=O) groups excluding carboxylic acids is 1.